The predicted molar refractivity (Wildman–Crippen MR) is 110 cm³/mol. The van der Waals surface area contributed by atoms with E-state index in [-0.39, 0.29) is 12.3 Å². The zero-order chi connectivity index (χ0) is 21.6. The molecule has 2 aromatic rings. The number of rotatable bonds is 8. The van der Waals surface area contributed by atoms with Crippen LogP contribution < -0.4 is 20.3 Å². The third-order valence-electron chi connectivity index (χ3n) is 4.69. The first kappa shape index (κ1) is 22.3. The Labute approximate surface area is 171 Å². The Morgan fingerprint density at radius 3 is 2.48 bits per heavy atom. The molecule has 0 spiro atoms. The Hall–Kier alpha value is -3.03. The predicted octanol–water partition coefficient (Wildman–Crippen LogP) is 2.47. The molecule has 0 radical (unpaired) electrons. The Kier molecular flexibility index (Phi) is 7.64. The molecule has 0 aliphatic carbocycles. The minimum absolute atomic E-state index is 0.137. The van der Waals surface area contributed by atoms with Crippen molar-refractivity contribution >= 4 is 11.8 Å². The van der Waals surface area contributed by atoms with Crippen LogP contribution in [-0.2, 0) is 18.3 Å². The molecule has 1 heterocycles. The first-order valence-electron chi connectivity index (χ1n) is 9.62. The van der Waals surface area contributed by atoms with Gasteiger partial charge in [-0.3, -0.25) is 25.1 Å². The largest absolute Gasteiger partial charge is 0.493 e. The van der Waals surface area contributed by atoms with E-state index in [4.69, 9.17) is 9.47 Å². The number of hydrazine groups is 1. The molecule has 0 fully saturated rings. The van der Waals surface area contributed by atoms with E-state index in [1.54, 1.807) is 22.9 Å². The summed E-state index contributed by atoms with van der Waals surface area (Å²) in [6.45, 7) is 8.57. The second-order valence-electron chi connectivity index (χ2n) is 7.35. The molecule has 1 aromatic heterocycles. The van der Waals surface area contributed by atoms with Gasteiger partial charge in [0.25, 0.3) is 5.91 Å². The van der Waals surface area contributed by atoms with E-state index in [1.165, 1.54) is 7.11 Å². The number of carbonyl (C=O) groups excluding carboxylic acids is 2. The van der Waals surface area contributed by atoms with Crippen LogP contribution in [0.2, 0.25) is 0 Å². The first-order chi connectivity index (χ1) is 13.7. The van der Waals surface area contributed by atoms with Crippen LogP contribution in [0.25, 0.3) is 0 Å². The van der Waals surface area contributed by atoms with Gasteiger partial charge >= 0.3 is 0 Å². The quantitative estimate of drug-likeness (QED) is 0.662. The number of aryl methyl sites for hydroxylation is 2. The fraction of sp³-hybridized carbons (Fsp3) is 0.476. The lowest BCUT2D eigenvalue weighted by molar-refractivity contribution is -0.121. The maximum absolute atomic E-state index is 12.4. The van der Waals surface area contributed by atoms with Crippen LogP contribution in [0, 0.1) is 19.8 Å². The van der Waals surface area contributed by atoms with E-state index in [0.29, 0.717) is 29.6 Å². The van der Waals surface area contributed by atoms with E-state index >= 15 is 0 Å². The van der Waals surface area contributed by atoms with Gasteiger partial charge in [0.05, 0.1) is 25.8 Å². The van der Waals surface area contributed by atoms with Crippen LogP contribution in [-0.4, -0.2) is 35.3 Å². The van der Waals surface area contributed by atoms with Crippen molar-refractivity contribution in [3.8, 4) is 11.5 Å². The molecule has 2 N–H and O–H groups in total. The molecule has 158 valence electrons. The maximum atomic E-state index is 12.4. The van der Waals surface area contributed by atoms with Crippen molar-refractivity contribution in [1.82, 2.24) is 20.6 Å². The second-order valence-corrected chi connectivity index (χ2v) is 7.35. The van der Waals surface area contributed by atoms with Crippen molar-refractivity contribution in [1.29, 1.82) is 0 Å². The molecule has 29 heavy (non-hydrogen) atoms. The third kappa shape index (κ3) is 5.97. The lowest BCUT2D eigenvalue weighted by Crippen LogP contribution is -2.42. The number of amides is 2. The van der Waals surface area contributed by atoms with Crippen molar-refractivity contribution in [3.05, 3.63) is 40.7 Å². The van der Waals surface area contributed by atoms with Crippen LogP contribution in [0.15, 0.2) is 18.2 Å². The van der Waals surface area contributed by atoms with Crippen molar-refractivity contribution in [2.75, 3.05) is 13.7 Å². The highest BCUT2D eigenvalue weighted by Crippen LogP contribution is 2.28. The SMILES string of the molecule is COc1cc(C(=O)NNC(=O)Cc2c(C)nn(C)c2C)ccc1OCCC(C)C. The van der Waals surface area contributed by atoms with Crippen LogP contribution in [0.3, 0.4) is 0 Å². The highest BCUT2D eigenvalue weighted by molar-refractivity contribution is 5.96. The minimum atomic E-state index is -0.440. The number of ether oxygens (including phenoxy) is 2. The normalized spacial score (nSPS) is 10.7. The molecular formula is C21H30N4O4. The number of hydrogen-bond acceptors (Lipinski definition) is 5. The number of methoxy groups -OCH3 is 1. The Balaban J connectivity index is 1.95. The average Bonchev–Trinajstić information content (AvgIpc) is 2.92. The highest BCUT2D eigenvalue weighted by Gasteiger charge is 2.15. The summed E-state index contributed by atoms with van der Waals surface area (Å²) >= 11 is 0. The van der Waals surface area contributed by atoms with Gasteiger partial charge in [0.15, 0.2) is 11.5 Å². The van der Waals surface area contributed by atoms with Crippen LogP contribution >= 0.6 is 0 Å². The van der Waals surface area contributed by atoms with Gasteiger partial charge in [-0.2, -0.15) is 5.10 Å². The van der Waals surface area contributed by atoms with E-state index < -0.39 is 5.91 Å². The van der Waals surface area contributed by atoms with Gasteiger partial charge < -0.3 is 9.47 Å². The summed E-state index contributed by atoms with van der Waals surface area (Å²) in [5, 5.41) is 4.29. The summed E-state index contributed by atoms with van der Waals surface area (Å²) in [7, 11) is 3.35. The topological polar surface area (TPSA) is 94.5 Å². The smallest absolute Gasteiger partial charge is 0.269 e. The van der Waals surface area contributed by atoms with Gasteiger partial charge in [-0.05, 0) is 44.4 Å². The van der Waals surface area contributed by atoms with Gasteiger partial charge in [-0.15, -0.1) is 0 Å². The summed E-state index contributed by atoms with van der Waals surface area (Å²) < 4.78 is 12.8. The number of benzene rings is 1. The maximum Gasteiger partial charge on any atom is 0.269 e. The summed E-state index contributed by atoms with van der Waals surface area (Å²) in [6, 6.07) is 4.91. The first-order valence-corrected chi connectivity index (χ1v) is 9.62. The standard InChI is InChI=1S/C21H30N4O4/c1-13(2)9-10-29-18-8-7-16(11-19(18)28-6)21(27)23-22-20(26)12-17-14(3)24-25(5)15(17)4/h7-8,11,13H,9-10,12H2,1-6H3,(H,22,26)(H,23,27). The number of nitrogens with one attached hydrogen (secondary N) is 2. The van der Waals surface area contributed by atoms with Gasteiger partial charge in [-0.25, -0.2) is 0 Å². The lowest BCUT2D eigenvalue weighted by atomic mass is 10.1. The Morgan fingerprint density at radius 1 is 1.17 bits per heavy atom. The molecule has 0 aliphatic heterocycles. The van der Waals surface area contributed by atoms with E-state index in [0.717, 1.165) is 23.4 Å². The molecule has 8 heteroatoms. The van der Waals surface area contributed by atoms with Gasteiger partial charge in [0.2, 0.25) is 5.91 Å². The second kappa shape index (κ2) is 9.95. The molecule has 8 nitrogen and oxygen atoms in total. The summed E-state index contributed by atoms with van der Waals surface area (Å²) in [6.07, 6.45) is 1.06. The molecule has 2 rings (SSSR count). The summed E-state index contributed by atoms with van der Waals surface area (Å²) in [5.41, 5.74) is 7.79. The summed E-state index contributed by atoms with van der Waals surface area (Å²) in [5.74, 6) is 0.822. The molecule has 2 amide bonds. The molecule has 1 aromatic carbocycles. The zero-order valence-corrected chi connectivity index (χ0v) is 18.0. The Bertz CT molecular complexity index is 874. The van der Waals surface area contributed by atoms with Crippen molar-refractivity contribution in [2.24, 2.45) is 13.0 Å². The molecule has 0 aliphatic rings. The molecule has 0 saturated heterocycles. The number of aromatic nitrogens is 2. The van der Waals surface area contributed by atoms with E-state index in [2.05, 4.69) is 29.8 Å². The highest BCUT2D eigenvalue weighted by atomic mass is 16.5. The van der Waals surface area contributed by atoms with Gasteiger partial charge in [-0.1, -0.05) is 13.8 Å². The van der Waals surface area contributed by atoms with Crippen molar-refractivity contribution in [3.63, 3.8) is 0 Å². The molecule has 0 unspecified atom stereocenters. The average molecular weight is 402 g/mol. The van der Waals surface area contributed by atoms with Crippen LogP contribution in [0.1, 0.15) is 47.6 Å². The van der Waals surface area contributed by atoms with Crippen molar-refractivity contribution < 1.29 is 19.1 Å². The zero-order valence-electron chi connectivity index (χ0n) is 18.0. The third-order valence-corrected chi connectivity index (χ3v) is 4.69. The fourth-order valence-corrected chi connectivity index (χ4v) is 2.81. The van der Waals surface area contributed by atoms with Gasteiger partial charge in [0.1, 0.15) is 0 Å². The lowest BCUT2D eigenvalue weighted by Gasteiger charge is -2.13. The van der Waals surface area contributed by atoms with Crippen LogP contribution in [0.4, 0.5) is 0 Å². The van der Waals surface area contributed by atoms with E-state index in [1.807, 2.05) is 20.9 Å². The summed E-state index contributed by atoms with van der Waals surface area (Å²) in [4.78, 5) is 24.6. The van der Waals surface area contributed by atoms with Crippen molar-refractivity contribution in [2.45, 2.75) is 40.5 Å². The molecule has 0 bridgehead atoms. The minimum Gasteiger partial charge on any atom is -0.493 e. The monoisotopic (exact) mass is 402 g/mol. The number of carbonyl (C=O) groups is 2. The molecule has 0 atom stereocenters. The van der Waals surface area contributed by atoms with Crippen LogP contribution in [0.5, 0.6) is 11.5 Å². The fourth-order valence-electron chi connectivity index (χ4n) is 2.81. The Morgan fingerprint density at radius 2 is 1.90 bits per heavy atom. The number of hydrogen-bond donors (Lipinski definition) is 2. The van der Waals surface area contributed by atoms with E-state index in [9.17, 15) is 9.59 Å². The number of nitrogens with zero attached hydrogens (tertiary/aromatic N) is 2. The molecular weight excluding hydrogens is 372 g/mol. The molecule has 0 saturated carbocycles. The van der Waals surface area contributed by atoms with Gasteiger partial charge in [0, 0.05) is 23.9 Å².